The molecule has 5 aromatic rings. The number of aryl methyl sites for hydroxylation is 1. The number of carboxylic acids is 1. The molecule has 1 atom stereocenters. The summed E-state index contributed by atoms with van der Waals surface area (Å²) in [4.78, 5) is 37.9. The van der Waals surface area contributed by atoms with E-state index < -0.39 is 11.4 Å². The molecule has 0 saturated heterocycles. The molecule has 206 valence electrons. The van der Waals surface area contributed by atoms with Gasteiger partial charge >= 0.3 is 5.97 Å². The summed E-state index contributed by atoms with van der Waals surface area (Å²) in [5.41, 5.74) is 8.93. The van der Waals surface area contributed by atoms with E-state index >= 15 is 0 Å². The number of hydrogen-bond acceptors (Lipinski definition) is 7. The number of hydrogen-bond donors (Lipinski definition) is 3. The number of aliphatic carboxylic acids is 1. The number of rotatable bonds is 8. The van der Waals surface area contributed by atoms with Gasteiger partial charge in [0.25, 0.3) is 0 Å². The van der Waals surface area contributed by atoms with Gasteiger partial charge in [0.05, 0.1) is 17.5 Å². The molecule has 4 N–H and O–H groups in total. The smallest absolute Gasteiger partial charge is 0.303 e. The molecule has 0 bridgehead atoms. The van der Waals surface area contributed by atoms with Crippen LogP contribution >= 0.6 is 0 Å². The van der Waals surface area contributed by atoms with Gasteiger partial charge in [-0.2, -0.15) is 5.10 Å². The van der Waals surface area contributed by atoms with Gasteiger partial charge in [0.15, 0.2) is 11.5 Å². The second-order valence-electron chi connectivity index (χ2n) is 10.2. The largest absolute Gasteiger partial charge is 0.481 e. The van der Waals surface area contributed by atoms with E-state index in [2.05, 4.69) is 25.4 Å². The van der Waals surface area contributed by atoms with Crippen molar-refractivity contribution in [2.24, 2.45) is 0 Å². The van der Waals surface area contributed by atoms with Crippen LogP contribution in [0.5, 0.6) is 0 Å². The summed E-state index contributed by atoms with van der Waals surface area (Å²) in [5.74, 6) is -0.819. The van der Waals surface area contributed by atoms with Gasteiger partial charge in [-0.05, 0) is 49.1 Å². The van der Waals surface area contributed by atoms with Crippen molar-refractivity contribution in [3.8, 4) is 11.5 Å². The monoisotopic (exact) mass is 551 g/mol. The second-order valence-corrected chi connectivity index (χ2v) is 10.2. The number of benzene rings is 2. The average molecular weight is 552 g/mol. The normalized spacial score (nSPS) is 16.1. The third-order valence-electron chi connectivity index (χ3n) is 7.51. The molecule has 1 amide bonds. The van der Waals surface area contributed by atoms with E-state index in [0.717, 1.165) is 5.56 Å². The van der Waals surface area contributed by atoms with Gasteiger partial charge in [0.2, 0.25) is 5.91 Å². The fourth-order valence-corrected chi connectivity index (χ4v) is 5.31. The first-order valence-corrected chi connectivity index (χ1v) is 13.1. The van der Waals surface area contributed by atoms with Crippen molar-refractivity contribution in [1.29, 1.82) is 0 Å². The first-order valence-electron chi connectivity index (χ1n) is 13.1. The summed E-state index contributed by atoms with van der Waals surface area (Å²) < 4.78 is 16.0. The van der Waals surface area contributed by atoms with Crippen molar-refractivity contribution in [3.05, 3.63) is 94.9 Å². The highest BCUT2D eigenvalue weighted by Crippen LogP contribution is 2.45. The van der Waals surface area contributed by atoms with E-state index in [9.17, 15) is 14.0 Å². The van der Waals surface area contributed by atoms with Gasteiger partial charge < -0.3 is 16.2 Å². The zero-order valence-corrected chi connectivity index (χ0v) is 22.1. The number of carboxylic acid groups (broad SMARTS) is 1. The fourth-order valence-electron chi connectivity index (χ4n) is 5.31. The van der Waals surface area contributed by atoms with E-state index in [1.54, 1.807) is 42.1 Å². The molecule has 0 fully saturated rings. The maximum absolute atomic E-state index is 14.4. The molecule has 4 heterocycles. The molecule has 0 aliphatic carbocycles. The Balaban J connectivity index is 1.37. The van der Waals surface area contributed by atoms with Crippen LogP contribution in [0, 0.1) is 5.82 Å². The number of nitrogen functional groups attached to an aromatic ring is 1. The number of aromatic nitrogens is 5. The quantitative estimate of drug-likeness (QED) is 0.258. The minimum absolute atomic E-state index is 0.0954. The summed E-state index contributed by atoms with van der Waals surface area (Å²) in [6.07, 6.45) is 2.87. The molecule has 3 aromatic heterocycles. The Kier molecular flexibility index (Phi) is 6.41. The maximum Gasteiger partial charge on any atom is 0.303 e. The van der Waals surface area contributed by atoms with Crippen LogP contribution in [0.4, 0.5) is 16.0 Å². The minimum Gasteiger partial charge on any atom is -0.481 e. The van der Waals surface area contributed by atoms with E-state index in [1.807, 2.05) is 30.3 Å². The predicted molar refractivity (Wildman–Crippen MR) is 151 cm³/mol. The number of fused-ring (bicyclic) bond motifs is 2. The van der Waals surface area contributed by atoms with Crippen molar-refractivity contribution in [2.45, 2.75) is 38.1 Å². The summed E-state index contributed by atoms with van der Waals surface area (Å²) in [6.45, 7) is 1.93. The number of nitrogens with one attached hydrogen (secondary N) is 1. The predicted octanol–water partition coefficient (Wildman–Crippen LogP) is 4.32. The number of halogens is 1. The Bertz CT molecular complexity index is 1820. The minimum atomic E-state index is -1.13. The van der Waals surface area contributed by atoms with E-state index in [-0.39, 0.29) is 36.3 Å². The molecular weight excluding hydrogens is 525 g/mol. The Labute approximate surface area is 234 Å². The molecular formula is C30H26FN7O3. The van der Waals surface area contributed by atoms with Crippen LogP contribution < -0.4 is 11.1 Å². The maximum atomic E-state index is 14.4. The number of pyridine rings is 1. The molecule has 0 unspecified atom stereocenters. The van der Waals surface area contributed by atoms with Crippen molar-refractivity contribution >= 4 is 34.5 Å². The second kappa shape index (κ2) is 10.1. The Morgan fingerprint density at radius 2 is 1.88 bits per heavy atom. The van der Waals surface area contributed by atoms with E-state index in [1.165, 1.54) is 6.07 Å². The molecule has 1 aliphatic heterocycles. The third kappa shape index (κ3) is 4.54. The molecule has 41 heavy (non-hydrogen) atoms. The first-order chi connectivity index (χ1) is 19.8. The number of nitrogens with zero attached hydrogens (tertiary/aromatic N) is 5. The highest BCUT2D eigenvalue weighted by atomic mass is 19.1. The van der Waals surface area contributed by atoms with Crippen LogP contribution in [0.25, 0.3) is 22.6 Å². The van der Waals surface area contributed by atoms with Gasteiger partial charge in [0.1, 0.15) is 28.6 Å². The summed E-state index contributed by atoms with van der Waals surface area (Å²) in [5, 5.41) is 17.1. The lowest BCUT2D eigenvalue weighted by Crippen LogP contribution is -2.33. The molecule has 0 radical (unpaired) electrons. The lowest BCUT2D eigenvalue weighted by Gasteiger charge is -2.23. The summed E-state index contributed by atoms with van der Waals surface area (Å²) >= 11 is 0. The molecule has 1 aliphatic rings. The lowest BCUT2D eigenvalue weighted by molar-refractivity contribution is -0.137. The highest BCUT2D eigenvalue weighted by molar-refractivity contribution is 6.09. The van der Waals surface area contributed by atoms with Crippen LogP contribution in [0.3, 0.4) is 0 Å². The van der Waals surface area contributed by atoms with Crippen LogP contribution in [-0.2, 0) is 28.0 Å². The SMILES string of the molecule is C[C@]1(c2ccc(CCCC(=O)O)cc2)C(=O)Nc2nc(-c3nn(Cc4ccccc4F)c4ncccc34)nc(N)c21. The lowest BCUT2D eigenvalue weighted by atomic mass is 9.77. The average Bonchev–Trinajstić information content (AvgIpc) is 3.45. The summed E-state index contributed by atoms with van der Waals surface area (Å²) in [7, 11) is 0. The molecule has 6 rings (SSSR count). The van der Waals surface area contributed by atoms with Gasteiger partial charge in [0, 0.05) is 18.2 Å². The molecule has 0 spiro atoms. The van der Waals surface area contributed by atoms with Gasteiger partial charge in [-0.15, -0.1) is 0 Å². The van der Waals surface area contributed by atoms with Crippen LogP contribution in [0.1, 0.15) is 42.0 Å². The number of amides is 1. The standard InChI is InChI=1S/C30H26FN7O3/c1-30(19-13-11-17(12-14-19)6-4-10-22(39)40)23-25(32)34-27(35-26(23)36-29(30)41)24-20-8-5-15-33-28(20)38(37-24)16-18-7-2-3-9-21(18)31/h2-3,5,7-9,11-15H,4,6,10,16H2,1H3,(H,39,40)(H3,32,34,35,36,41)/t30-/m1/s1. The number of anilines is 2. The topological polar surface area (TPSA) is 149 Å². The number of carbonyl (C=O) groups is 2. The molecule has 10 nitrogen and oxygen atoms in total. The van der Waals surface area contributed by atoms with E-state index in [4.69, 9.17) is 10.8 Å². The third-order valence-corrected chi connectivity index (χ3v) is 7.51. The molecule has 2 aromatic carbocycles. The summed E-state index contributed by atoms with van der Waals surface area (Å²) in [6, 6.07) is 17.5. The van der Waals surface area contributed by atoms with Crippen molar-refractivity contribution in [3.63, 3.8) is 0 Å². The van der Waals surface area contributed by atoms with Crippen molar-refractivity contribution < 1.29 is 19.1 Å². The van der Waals surface area contributed by atoms with Crippen molar-refractivity contribution in [1.82, 2.24) is 24.7 Å². The van der Waals surface area contributed by atoms with Gasteiger partial charge in [-0.25, -0.2) is 24.0 Å². The van der Waals surface area contributed by atoms with Gasteiger partial charge in [-0.1, -0.05) is 42.5 Å². The molecule has 0 saturated carbocycles. The highest BCUT2D eigenvalue weighted by Gasteiger charge is 2.47. The Morgan fingerprint density at radius 3 is 2.63 bits per heavy atom. The van der Waals surface area contributed by atoms with Gasteiger partial charge in [-0.3, -0.25) is 9.59 Å². The van der Waals surface area contributed by atoms with Crippen LogP contribution in [0.15, 0.2) is 66.9 Å². The zero-order chi connectivity index (χ0) is 28.7. The van der Waals surface area contributed by atoms with Crippen LogP contribution in [-0.4, -0.2) is 41.7 Å². The fraction of sp³-hybridized carbons (Fsp3) is 0.200. The first kappa shape index (κ1) is 26.1. The van der Waals surface area contributed by atoms with Crippen LogP contribution in [0.2, 0.25) is 0 Å². The molecule has 11 heteroatoms. The number of carbonyl (C=O) groups excluding carboxylic acids is 1. The number of nitrogens with two attached hydrogens (primary N) is 1. The van der Waals surface area contributed by atoms with Crippen molar-refractivity contribution in [2.75, 3.05) is 11.1 Å². The Morgan fingerprint density at radius 1 is 1.10 bits per heavy atom. The van der Waals surface area contributed by atoms with E-state index in [0.29, 0.717) is 52.1 Å². The zero-order valence-electron chi connectivity index (χ0n) is 22.1. The Hall–Kier alpha value is -5.19.